The molecule has 0 spiro atoms. The molecule has 1 amide bonds. The number of pyridine rings is 1. The molecule has 124 valence electrons. The summed E-state index contributed by atoms with van der Waals surface area (Å²) in [5, 5.41) is 6.99. The fraction of sp³-hybridized carbons (Fsp3) is 0.0526. The highest BCUT2D eigenvalue weighted by molar-refractivity contribution is 6.02. The van der Waals surface area contributed by atoms with Gasteiger partial charge in [0.1, 0.15) is 11.6 Å². The Labute approximate surface area is 143 Å². The summed E-state index contributed by atoms with van der Waals surface area (Å²) in [5.74, 6) is 0.0851. The lowest BCUT2D eigenvalue weighted by atomic mass is 10.2. The van der Waals surface area contributed by atoms with Gasteiger partial charge >= 0.3 is 0 Å². The van der Waals surface area contributed by atoms with E-state index < -0.39 is 0 Å². The minimum absolute atomic E-state index is 0.256. The van der Waals surface area contributed by atoms with Crippen LogP contribution in [0.2, 0.25) is 0 Å². The highest BCUT2D eigenvalue weighted by Gasteiger charge is 2.12. The molecule has 0 saturated carbocycles. The number of hydrogen-bond donors (Lipinski definition) is 1. The Bertz CT molecular complexity index is 1080. The lowest BCUT2D eigenvalue weighted by Gasteiger charge is -2.05. The van der Waals surface area contributed by atoms with E-state index in [9.17, 15) is 9.18 Å². The zero-order valence-corrected chi connectivity index (χ0v) is 13.5. The summed E-state index contributed by atoms with van der Waals surface area (Å²) in [6, 6.07) is 16.0. The number of halogens is 1. The average Bonchev–Trinajstić information content (AvgIpc) is 3.24. The minimum atomic E-state index is -0.386. The minimum Gasteiger partial charge on any atom is -0.320 e. The second kappa shape index (κ2) is 5.90. The Balaban J connectivity index is 1.60. The van der Waals surface area contributed by atoms with Gasteiger partial charge in [-0.1, -0.05) is 12.1 Å². The van der Waals surface area contributed by atoms with Crippen LogP contribution in [-0.4, -0.2) is 20.1 Å². The van der Waals surface area contributed by atoms with Crippen LogP contribution in [0.1, 0.15) is 16.1 Å². The highest BCUT2D eigenvalue weighted by atomic mass is 19.1. The van der Waals surface area contributed by atoms with Gasteiger partial charge in [0.25, 0.3) is 5.91 Å². The van der Waals surface area contributed by atoms with Crippen molar-refractivity contribution in [1.82, 2.24) is 14.2 Å². The summed E-state index contributed by atoms with van der Waals surface area (Å²) >= 11 is 0. The number of amides is 1. The van der Waals surface area contributed by atoms with Crippen molar-refractivity contribution in [2.75, 3.05) is 5.32 Å². The Kier molecular flexibility index (Phi) is 3.57. The van der Waals surface area contributed by atoms with Crippen LogP contribution < -0.4 is 5.32 Å². The fourth-order valence-corrected chi connectivity index (χ4v) is 2.67. The van der Waals surface area contributed by atoms with Crippen LogP contribution >= 0.6 is 0 Å². The van der Waals surface area contributed by atoms with Crippen molar-refractivity contribution >= 4 is 17.1 Å². The van der Waals surface area contributed by atoms with E-state index >= 15 is 0 Å². The molecular weight excluding hydrogens is 319 g/mol. The third-order valence-corrected chi connectivity index (χ3v) is 4.03. The number of aromatic nitrogens is 3. The smallest absolute Gasteiger partial charge is 0.276 e. The molecule has 5 nitrogen and oxygen atoms in total. The van der Waals surface area contributed by atoms with Gasteiger partial charge in [0, 0.05) is 23.6 Å². The van der Waals surface area contributed by atoms with Crippen molar-refractivity contribution in [2.24, 2.45) is 0 Å². The van der Waals surface area contributed by atoms with E-state index in [0.29, 0.717) is 11.3 Å². The van der Waals surface area contributed by atoms with E-state index in [-0.39, 0.29) is 17.4 Å². The van der Waals surface area contributed by atoms with Crippen molar-refractivity contribution in [3.8, 4) is 5.82 Å². The van der Waals surface area contributed by atoms with Crippen LogP contribution in [-0.2, 0) is 0 Å². The number of anilines is 1. The number of hydrogen-bond acceptors (Lipinski definition) is 2. The van der Waals surface area contributed by atoms with Crippen LogP contribution in [0, 0.1) is 12.7 Å². The number of nitrogens with one attached hydrogen (secondary N) is 1. The molecule has 0 atom stereocenters. The number of rotatable bonds is 3. The number of benzene rings is 1. The van der Waals surface area contributed by atoms with Crippen LogP contribution in [0.4, 0.5) is 10.1 Å². The molecule has 0 aliphatic heterocycles. The normalized spacial score (nSPS) is 11.0. The summed E-state index contributed by atoms with van der Waals surface area (Å²) in [6.07, 6.45) is 3.65. The maximum Gasteiger partial charge on any atom is 0.276 e. The molecule has 0 aliphatic carbocycles. The van der Waals surface area contributed by atoms with Crippen molar-refractivity contribution in [1.29, 1.82) is 0 Å². The topological polar surface area (TPSA) is 51.3 Å². The number of carbonyl (C=O) groups excluding carboxylic acids is 1. The van der Waals surface area contributed by atoms with Gasteiger partial charge in [0.15, 0.2) is 5.69 Å². The van der Waals surface area contributed by atoms with E-state index in [1.54, 1.807) is 36.0 Å². The Morgan fingerprint density at radius 3 is 2.80 bits per heavy atom. The van der Waals surface area contributed by atoms with Gasteiger partial charge < -0.3 is 9.72 Å². The maximum absolute atomic E-state index is 13.6. The number of fused-ring (bicyclic) bond motifs is 1. The van der Waals surface area contributed by atoms with Crippen LogP contribution in [0.3, 0.4) is 0 Å². The zero-order valence-electron chi connectivity index (χ0n) is 13.5. The van der Waals surface area contributed by atoms with Crippen LogP contribution in [0.15, 0.2) is 67.0 Å². The molecule has 0 fully saturated rings. The molecule has 0 radical (unpaired) electrons. The predicted molar refractivity (Wildman–Crippen MR) is 93.6 cm³/mol. The molecule has 0 unspecified atom stereocenters. The van der Waals surface area contributed by atoms with Crippen LogP contribution in [0.5, 0.6) is 0 Å². The van der Waals surface area contributed by atoms with Crippen molar-refractivity contribution < 1.29 is 9.18 Å². The molecule has 0 saturated heterocycles. The highest BCUT2D eigenvalue weighted by Crippen LogP contribution is 2.16. The third kappa shape index (κ3) is 2.78. The summed E-state index contributed by atoms with van der Waals surface area (Å²) < 4.78 is 17.2. The standard InChI is InChI=1S/C19H15FN4O/c1-13-5-6-14(12-16(13)20)21-19(25)17-9-11-24(22-17)18-8-7-15-4-2-3-10-23(15)18/h2-12H,1H3,(H,21,25). The SMILES string of the molecule is Cc1ccc(NC(=O)c2ccn(-c3ccc4ccccn34)n2)cc1F. The first kappa shape index (κ1) is 15.1. The summed E-state index contributed by atoms with van der Waals surface area (Å²) in [5.41, 5.74) is 2.22. The van der Waals surface area contributed by atoms with E-state index in [1.807, 2.05) is 40.9 Å². The van der Waals surface area contributed by atoms with Gasteiger partial charge in [-0.15, -0.1) is 0 Å². The number of aryl methyl sites for hydroxylation is 1. The first-order valence-electron chi connectivity index (χ1n) is 7.81. The largest absolute Gasteiger partial charge is 0.320 e. The Morgan fingerprint density at radius 2 is 1.96 bits per heavy atom. The number of nitrogens with zero attached hydrogens (tertiary/aromatic N) is 3. The lowest BCUT2D eigenvalue weighted by Crippen LogP contribution is -2.13. The quantitative estimate of drug-likeness (QED) is 0.619. The zero-order chi connectivity index (χ0) is 17.4. The predicted octanol–water partition coefficient (Wildman–Crippen LogP) is 3.82. The molecule has 3 aromatic heterocycles. The molecule has 4 aromatic rings. The molecule has 25 heavy (non-hydrogen) atoms. The van der Waals surface area contributed by atoms with Gasteiger partial charge in [0.05, 0.1) is 0 Å². The molecule has 1 aromatic carbocycles. The third-order valence-electron chi connectivity index (χ3n) is 4.03. The molecule has 0 bridgehead atoms. The second-order valence-electron chi connectivity index (χ2n) is 5.75. The molecule has 1 N–H and O–H groups in total. The summed E-state index contributed by atoms with van der Waals surface area (Å²) in [7, 11) is 0. The Hall–Kier alpha value is -3.41. The van der Waals surface area contributed by atoms with Crippen LogP contribution in [0.25, 0.3) is 11.3 Å². The second-order valence-corrected chi connectivity index (χ2v) is 5.75. The van der Waals surface area contributed by atoms with Gasteiger partial charge in [0.2, 0.25) is 0 Å². The fourth-order valence-electron chi connectivity index (χ4n) is 2.67. The van der Waals surface area contributed by atoms with Gasteiger partial charge in [-0.2, -0.15) is 5.10 Å². The van der Waals surface area contributed by atoms with Gasteiger partial charge in [-0.25, -0.2) is 9.07 Å². The molecule has 4 rings (SSSR count). The summed E-state index contributed by atoms with van der Waals surface area (Å²) in [6.45, 7) is 1.67. The Morgan fingerprint density at radius 1 is 1.08 bits per heavy atom. The summed E-state index contributed by atoms with van der Waals surface area (Å²) in [4.78, 5) is 12.3. The lowest BCUT2D eigenvalue weighted by molar-refractivity contribution is 0.102. The van der Waals surface area contributed by atoms with Crippen molar-refractivity contribution in [2.45, 2.75) is 6.92 Å². The van der Waals surface area contributed by atoms with Gasteiger partial charge in [-0.3, -0.25) is 4.79 Å². The van der Waals surface area contributed by atoms with E-state index in [0.717, 1.165) is 11.3 Å². The van der Waals surface area contributed by atoms with E-state index in [4.69, 9.17) is 0 Å². The number of carbonyl (C=O) groups is 1. The first-order valence-corrected chi connectivity index (χ1v) is 7.81. The van der Waals surface area contributed by atoms with E-state index in [1.165, 1.54) is 6.07 Å². The first-order chi connectivity index (χ1) is 12.1. The van der Waals surface area contributed by atoms with Crippen molar-refractivity contribution in [3.05, 3.63) is 84.1 Å². The van der Waals surface area contributed by atoms with E-state index in [2.05, 4.69) is 10.4 Å². The molecular formula is C19H15FN4O. The molecule has 3 heterocycles. The van der Waals surface area contributed by atoms with Crippen molar-refractivity contribution in [3.63, 3.8) is 0 Å². The monoisotopic (exact) mass is 334 g/mol. The average molecular weight is 334 g/mol. The maximum atomic E-state index is 13.6. The van der Waals surface area contributed by atoms with Gasteiger partial charge in [-0.05, 0) is 55.0 Å². The molecule has 6 heteroatoms. The molecule has 0 aliphatic rings.